The molecule has 0 aliphatic heterocycles. The topological polar surface area (TPSA) is 12.9 Å². The Labute approximate surface area is 101 Å². The molecule has 2 aromatic rings. The van der Waals surface area contributed by atoms with Crippen LogP contribution in [0.4, 0.5) is 13.2 Å². The van der Waals surface area contributed by atoms with Crippen LogP contribution in [0.1, 0.15) is 5.56 Å². The molecule has 1 aromatic carbocycles. The average molecular weight is 257 g/mol. The molecule has 0 amide bonds. The lowest BCUT2D eigenvalue weighted by Crippen LogP contribution is -2.04. The minimum atomic E-state index is -4.39. The van der Waals surface area contributed by atoms with Crippen molar-refractivity contribution >= 4 is 11.6 Å². The Morgan fingerprint density at radius 3 is 2.53 bits per heavy atom. The van der Waals surface area contributed by atoms with Gasteiger partial charge in [-0.2, -0.15) is 13.2 Å². The molecule has 1 heterocycles. The molecule has 87 valence electrons. The normalized spacial score (nSPS) is 11.5. The monoisotopic (exact) mass is 256 g/mol. The molecular weight excluding hydrogens is 251 g/mol. The van der Waals surface area contributed by atoms with Gasteiger partial charge in [0, 0.05) is 17.8 Å². The fourth-order valence-electron chi connectivity index (χ4n) is 1.36. The summed E-state index contributed by atoms with van der Waals surface area (Å²) in [6, 6.07) is 9.26. The second-order valence-corrected chi connectivity index (χ2v) is 3.73. The summed E-state index contributed by atoms with van der Waals surface area (Å²) in [7, 11) is 0. The van der Waals surface area contributed by atoms with E-state index in [9.17, 15) is 13.2 Å². The fourth-order valence-corrected chi connectivity index (χ4v) is 1.63. The first-order chi connectivity index (χ1) is 7.98. The number of hydrogen-bond donors (Lipinski definition) is 0. The summed E-state index contributed by atoms with van der Waals surface area (Å²) in [5.74, 6) is 0. The van der Waals surface area contributed by atoms with Gasteiger partial charge in [0.2, 0.25) is 0 Å². The van der Waals surface area contributed by atoms with E-state index in [1.165, 1.54) is 12.3 Å². The highest BCUT2D eigenvalue weighted by Crippen LogP contribution is 2.34. The molecule has 1 nitrogen and oxygen atoms in total. The van der Waals surface area contributed by atoms with E-state index in [0.29, 0.717) is 11.3 Å². The number of alkyl halides is 3. The summed E-state index contributed by atoms with van der Waals surface area (Å²) >= 11 is 5.81. The molecular formula is C12H6ClF3N. The third kappa shape index (κ3) is 2.58. The number of hydrogen-bond acceptors (Lipinski definition) is 1. The molecule has 1 aromatic heterocycles. The van der Waals surface area contributed by atoms with Crippen LogP contribution in [0.3, 0.4) is 0 Å². The highest BCUT2D eigenvalue weighted by Gasteiger charge is 2.30. The predicted octanol–water partition coefficient (Wildman–Crippen LogP) is 4.22. The predicted molar refractivity (Wildman–Crippen MR) is 58.5 cm³/mol. The molecule has 0 atom stereocenters. The van der Waals surface area contributed by atoms with Crippen molar-refractivity contribution in [2.45, 2.75) is 6.18 Å². The average Bonchev–Trinajstić information content (AvgIpc) is 2.29. The molecule has 2 rings (SSSR count). The van der Waals surface area contributed by atoms with E-state index in [1.54, 1.807) is 12.1 Å². The van der Waals surface area contributed by atoms with Gasteiger partial charge in [-0.1, -0.05) is 23.7 Å². The second-order valence-electron chi connectivity index (χ2n) is 3.32. The largest absolute Gasteiger partial charge is 0.416 e. The van der Waals surface area contributed by atoms with Crippen molar-refractivity contribution in [3.8, 4) is 11.3 Å². The maximum atomic E-state index is 12.4. The van der Waals surface area contributed by atoms with E-state index < -0.39 is 11.7 Å². The number of nitrogens with zero attached hydrogens (tertiary/aromatic N) is 1. The molecule has 0 unspecified atom stereocenters. The first-order valence-electron chi connectivity index (χ1n) is 4.68. The van der Waals surface area contributed by atoms with E-state index in [1.807, 2.05) is 0 Å². The van der Waals surface area contributed by atoms with Crippen molar-refractivity contribution in [3.05, 3.63) is 53.2 Å². The lowest BCUT2D eigenvalue weighted by molar-refractivity contribution is -0.137. The first-order valence-corrected chi connectivity index (χ1v) is 5.06. The molecule has 0 aliphatic carbocycles. The number of pyridine rings is 1. The number of halogens is 4. The zero-order valence-electron chi connectivity index (χ0n) is 8.42. The molecule has 17 heavy (non-hydrogen) atoms. The van der Waals surface area contributed by atoms with Gasteiger partial charge in [0.15, 0.2) is 0 Å². The van der Waals surface area contributed by atoms with Crippen LogP contribution in [-0.2, 0) is 6.18 Å². The van der Waals surface area contributed by atoms with Gasteiger partial charge in [-0.25, -0.2) is 0 Å². The lowest BCUT2D eigenvalue weighted by Gasteiger charge is -2.09. The summed E-state index contributed by atoms with van der Waals surface area (Å²) in [6.07, 6.45) is -2.87. The van der Waals surface area contributed by atoms with Gasteiger partial charge in [0.25, 0.3) is 0 Å². The molecule has 0 N–H and O–H groups in total. The van der Waals surface area contributed by atoms with E-state index >= 15 is 0 Å². The minimum absolute atomic E-state index is 0.00905. The Bertz CT molecular complexity index is 523. The van der Waals surface area contributed by atoms with Crippen LogP contribution in [0.5, 0.6) is 0 Å². The van der Waals surface area contributed by atoms with Gasteiger partial charge < -0.3 is 0 Å². The molecule has 1 radical (unpaired) electrons. The Kier molecular flexibility index (Phi) is 3.07. The minimum Gasteiger partial charge on any atom is -0.256 e. The van der Waals surface area contributed by atoms with Crippen LogP contribution in [0.25, 0.3) is 11.3 Å². The van der Waals surface area contributed by atoms with Gasteiger partial charge in [0.05, 0.1) is 16.3 Å². The van der Waals surface area contributed by atoms with Gasteiger partial charge in [-0.05, 0) is 18.2 Å². The van der Waals surface area contributed by atoms with Gasteiger partial charge >= 0.3 is 6.18 Å². The quantitative estimate of drug-likeness (QED) is 0.744. The van der Waals surface area contributed by atoms with E-state index in [0.717, 1.165) is 12.1 Å². The molecule has 0 fully saturated rings. The highest BCUT2D eigenvalue weighted by atomic mass is 35.5. The van der Waals surface area contributed by atoms with Crippen molar-refractivity contribution in [2.75, 3.05) is 0 Å². The van der Waals surface area contributed by atoms with Crippen LogP contribution in [0, 0.1) is 6.07 Å². The van der Waals surface area contributed by atoms with Crippen LogP contribution >= 0.6 is 11.6 Å². The highest BCUT2D eigenvalue weighted by molar-refractivity contribution is 6.33. The fraction of sp³-hybridized carbons (Fsp3) is 0.0833. The first kappa shape index (κ1) is 11.9. The SMILES string of the molecule is FC(F)(F)c1ccc(-c2[c]cccn2)c(Cl)c1. The van der Waals surface area contributed by atoms with Crippen molar-refractivity contribution < 1.29 is 13.2 Å². The lowest BCUT2D eigenvalue weighted by atomic mass is 10.1. The molecule has 0 aliphatic rings. The Balaban J connectivity index is 2.46. The van der Waals surface area contributed by atoms with Crippen LogP contribution in [0.15, 0.2) is 36.5 Å². The van der Waals surface area contributed by atoms with Crippen molar-refractivity contribution in [1.82, 2.24) is 4.98 Å². The zero-order chi connectivity index (χ0) is 12.5. The van der Waals surface area contributed by atoms with Crippen molar-refractivity contribution in [3.63, 3.8) is 0 Å². The zero-order valence-corrected chi connectivity index (χ0v) is 9.18. The molecule has 0 saturated heterocycles. The Morgan fingerprint density at radius 1 is 1.24 bits per heavy atom. The number of rotatable bonds is 1. The van der Waals surface area contributed by atoms with Crippen molar-refractivity contribution in [2.24, 2.45) is 0 Å². The van der Waals surface area contributed by atoms with Crippen LogP contribution in [-0.4, -0.2) is 4.98 Å². The molecule has 0 spiro atoms. The summed E-state index contributed by atoms with van der Waals surface area (Å²) in [6.45, 7) is 0. The van der Waals surface area contributed by atoms with Gasteiger partial charge in [0.1, 0.15) is 0 Å². The molecule has 0 saturated carbocycles. The van der Waals surface area contributed by atoms with Gasteiger partial charge in [-0.15, -0.1) is 0 Å². The Morgan fingerprint density at radius 2 is 2.00 bits per heavy atom. The second kappa shape index (κ2) is 4.37. The molecule has 0 bridgehead atoms. The summed E-state index contributed by atoms with van der Waals surface area (Å²) in [4.78, 5) is 3.98. The smallest absolute Gasteiger partial charge is 0.256 e. The number of benzene rings is 1. The third-order valence-corrected chi connectivity index (χ3v) is 2.47. The standard InChI is InChI=1S/C12H6ClF3N/c13-10-7-8(12(14,15)16)4-5-9(10)11-3-1-2-6-17-11/h1-2,4-7H. The summed E-state index contributed by atoms with van der Waals surface area (Å²) < 4.78 is 37.3. The maximum Gasteiger partial charge on any atom is 0.416 e. The van der Waals surface area contributed by atoms with Crippen LogP contribution < -0.4 is 0 Å². The van der Waals surface area contributed by atoms with E-state index in [2.05, 4.69) is 11.1 Å². The van der Waals surface area contributed by atoms with Gasteiger partial charge in [-0.3, -0.25) is 4.98 Å². The summed E-state index contributed by atoms with van der Waals surface area (Å²) in [5, 5.41) is 0.00905. The maximum absolute atomic E-state index is 12.4. The third-order valence-electron chi connectivity index (χ3n) is 2.16. The number of aromatic nitrogens is 1. The van der Waals surface area contributed by atoms with Crippen LogP contribution in [0.2, 0.25) is 5.02 Å². The Hall–Kier alpha value is -1.55. The molecule has 5 heteroatoms. The van der Waals surface area contributed by atoms with Crippen molar-refractivity contribution in [1.29, 1.82) is 0 Å². The van der Waals surface area contributed by atoms with E-state index in [-0.39, 0.29) is 5.02 Å². The summed E-state index contributed by atoms with van der Waals surface area (Å²) in [5.41, 5.74) is 0.0775. The van der Waals surface area contributed by atoms with E-state index in [4.69, 9.17) is 11.6 Å².